The Morgan fingerprint density at radius 2 is 1.90 bits per heavy atom. The van der Waals surface area contributed by atoms with E-state index in [1.807, 2.05) is 30.0 Å². The Balaban J connectivity index is 1.89. The molecule has 0 aromatic heterocycles. The number of rotatable bonds is 4. The van der Waals surface area contributed by atoms with E-state index in [0.29, 0.717) is 0 Å². The van der Waals surface area contributed by atoms with E-state index in [1.54, 1.807) is 0 Å². The van der Waals surface area contributed by atoms with Gasteiger partial charge in [-0.25, -0.2) is 0 Å². The predicted molar refractivity (Wildman–Crippen MR) is 86.5 cm³/mol. The summed E-state index contributed by atoms with van der Waals surface area (Å²) in [5, 5.41) is 0. The minimum atomic E-state index is 0.116. The van der Waals surface area contributed by atoms with Crippen molar-refractivity contribution in [1.82, 2.24) is 14.7 Å². The molecule has 5 nitrogen and oxygen atoms in total. The molecule has 1 saturated heterocycles. The van der Waals surface area contributed by atoms with Crippen molar-refractivity contribution in [1.29, 1.82) is 0 Å². The van der Waals surface area contributed by atoms with Gasteiger partial charge in [-0.3, -0.25) is 9.69 Å². The van der Waals surface area contributed by atoms with Gasteiger partial charge < -0.3 is 15.5 Å². The number of nitrogens with two attached hydrogens (primary N) is 1. The van der Waals surface area contributed by atoms with Crippen LogP contribution in [0.1, 0.15) is 15.9 Å². The summed E-state index contributed by atoms with van der Waals surface area (Å²) >= 11 is 0. The van der Waals surface area contributed by atoms with Crippen molar-refractivity contribution >= 4 is 11.6 Å². The zero-order valence-corrected chi connectivity index (χ0v) is 13.3. The lowest BCUT2D eigenvalue weighted by molar-refractivity contribution is 0.0629. The first-order valence-corrected chi connectivity index (χ1v) is 7.50. The highest BCUT2D eigenvalue weighted by atomic mass is 16.2. The number of aryl methyl sites for hydroxylation is 1. The maximum absolute atomic E-state index is 12.5. The van der Waals surface area contributed by atoms with Crippen LogP contribution in [-0.4, -0.2) is 74.0 Å². The van der Waals surface area contributed by atoms with Gasteiger partial charge in [-0.15, -0.1) is 0 Å². The van der Waals surface area contributed by atoms with E-state index in [2.05, 4.69) is 23.9 Å². The van der Waals surface area contributed by atoms with Crippen molar-refractivity contribution in [3.05, 3.63) is 29.3 Å². The molecule has 1 aromatic carbocycles. The molecule has 116 valence electrons. The Bertz CT molecular complexity index is 493. The highest BCUT2D eigenvalue weighted by Crippen LogP contribution is 2.15. The Hall–Kier alpha value is -1.59. The lowest BCUT2D eigenvalue weighted by atomic mass is 10.1. The molecule has 1 amide bonds. The van der Waals surface area contributed by atoms with Crippen molar-refractivity contribution in [3.63, 3.8) is 0 Å². The van der Waals surface area contributed by atoms with E-state index >= 15 is 0 Å². The quantitative estimate of drug-likeness (QED) is 0.837. The Morgan fingerprint density at radius 1 is 1.24 bits per heavy atom. The molecule has 0 atom stereocenters. The second kappa shape index (κ2) is 6.91. The van der Waals surface area contributed by atoms with E-state index in [-0.39, 0.29) is 5.91 Å². The number of hydrogen-bond acceptors (Lipinski definition) is 4. The third-order valence-corrected chi connectivity index (χ3v) is 4.04. The molecular formula is C16H26N4O. The highest BCUT2D eigenvalue weighted by molar-refractivity contribution is 5.95. The zero-order chi connectivity index (χ0) is 15.4. The molecule has 2 N–H and O–H groups in total. The number of carbonyl (C=O) groups excluding carboxylic acids is 1. The summed E-state index contributed by atoms with van der Waals surface area (Å²) in [5.74, 6) is 0.116. The fraction of sp³-hybridized carbons (Fsp3) is 0.562. The van der Waals surface area contributed by atoms with Gasteiger partial charge in [-0.2, -0.15) is 0 Å². The van der Waals surface area contributed by atoms with Crippen LogP contribution in [-0.2, 0) is 0 Å². The number of piperazine rings is 1. The summed E-state index contributed by atoms with van der Waals surface area (Å²) in [4.78, 5) is 19.0. The summed E-state index contributed by atoms with van der Waals surface area (Å²) < 4.78 is 0. The maximum atomic E-state index is 12.5. The van der Waals surface area contributed by atoms with Crippen LogP contribution in [0.4, 0.5) is 5.69 Å². The first kappa shape index (κ1) is 15.8. The second-order valence-corrected chi connectivity index (χ2v) is 6.01. The van der Waals surface area contributed by atoms with Crippen LogP contribution in [0.15, 0.2) is 18.2 Å². The molecule has 5 heteroatoms. The molecule has 0 aliphatic carbocycles. The number of nitrogen functional groups attached to an aromatic ring is 1. The van der Waals surface area contributed by atoms with Crippen LogP contribution in [0.5, 0.6) is 0 Å². The molecule has 2 rings (SSSR count). The Morgan fingerprint density at radius 3 is 2.48 bits per heavy atom. The number of amides is 1. The Kier molecular flexibility index (Phi) is 5.20. The first-order chi connectivity index (χ1) is 9.97. The fourth-order valence-electron chi connectivity index (χ4n) is 2.51. The normalized spacial score (nSPS) is 16.5. The summed E-state index contributed by atoms with van der Waals surface area (Å²) in [5.41, 5.74) is 8.25. The number of likely N-dealkylation sites (N-methyl/N-ethyl adjacent to an activating group) is 1. The van der Waals surface area contributed by atoms with Gasteiger partial charge in [-0.05, 0) is 44.8 Å². The maximum Gasteiger partial charge on any atom is 0.253 e. The van der Waals surface area contributed by atoms with Gasteiger partial charge in [0.2, 0.25) is 0 Å². The van der Waals surface area contributed by atoms with Crippen molar-refractivity contribution in [3.8, 4) is 0 Å². The molecule has 0 bridgehead atoms. The summed E-state index contributed by atoms with van der Waals surface area (Å²) in [6.45, 7) is 7.57. The molecule has 1 aromatic rings. The van der Waals surface area contributed by atoms with Gasteiger partial charge in [0.05, 0.1) is 0 Å². The van der Waals surface area contributed by atoms with Gasteiger partial charge in [0.25, 0.3) is 5.91 Å². The van der Waals surface area contributed by atoms with Crippen LogP contribution in [0, 0.1) is 6.92 Å². The summed E-state index contributed by atoms with van der Waals surface area (Å²) in [6, 6.07) is 5.52. The van der Waals surface area contributed by atoms with Crippen molar-refractivity contribution < 1.29 is 4.79 Å². The number of carbonyl (C=O) groups is 1. The van der Waals surface area contributed by atoms with Gasteiger partial charge >= 0.3 is 0 Å². The van der Waals surface area contributed by atoms with Crippen molar-refractivity contribution in [2.75, 3.05) is 59.1 Å². The largest absolute Gasteiger partial charge is 0.399 e. The molecule has 1 aliphatic rings. The number of hydrogen-bond donors (Lipinski definition) is 1. The fourth-order valence-corrected chi connectivity index (χ4v) is 2.51. The topological polar surface area (TPSA) is 52.8 Å². The van der Waals surface area contributed by atoms with Gasteiger partial charge in [0, 0.05) is 50.5 Å². The van der Waals surface area contributed by atoms with Crippen molar-refractivity contribution in [2.45, 2.75) is 6.92 Å². The SMILES string of the molecule is Cc1cc(C(=O)N2CCN(CCN(C)C)CC2)ccc1N. The lowest BCUT2D eigenvalue weighted by Gasteiger charge is -2.35. The molecule has 0 radical (unpaired) electrons. The van der Waals surface area contributed by atoms with E-state index in [1.165, 1.54) is 0 Å². The van der Waals surface area contributed by atoms with Gasteiger partial charge in [0.15, 0.2) is 0 Å². The van der Waals surface area contributed by atoms with E-state index < -0.39 is 0 Å². The average molecular weight is 290 g/mol. The van der Waals surface area contributed by atoms with Crippen LogP contribution < -0.4 is 5.73 Å². The number of benzene rings is 1. The minimum Gasteiger partial charge on any atom is -0.399 e. The molecular weight excluding hydrogens is 264 g/mol. The smallest absolute Gasteiger partial charge is 0.253 e. The van der Waals surface area contributed by atoms with E-state index in [0.717, 1.165) is 56.1 Å². The first-order valence-electron chi connectivity index (χ1n) is 7.50. The average Bonchev–Trinajstić information content (AvgIpc) is 2.48. The van der Waals surface area contributed by atoms with Crippen LogP contribution >= 0.6 is 0 Å². The third kappa shape index (κ3) is 4.19. The molecule has 1 aliphatic heterocycles. The van der Waals surface area contributed by atoms with Crippen molar-refractivity contribution in [2.24, 2.45) is 0 Å². The van der Waals surface area contributed by atoms with E-state index in [4.69, 9.17) is 5.73 Å². The molecule has 21 heavy (non-hydrogen) atoms. The van der Waals surface area contributed by atoms with Crippen LogP contribution in [0.2, 0.25) is 0 Å². The standard InChI is InChI=1S/C16H26N4O/c1-13-12-14(4-5-15(13)17)16(21)20-10-8-19(9-11-20)7-6-18(2)3/h4-5,12H,6-11,17H2,1-3H3. The molecule has 1 fully saturated rings. The number of nitrogens with zero attached hydrogens (tertiary/aromatic N) is 3. The number of anilines is 1. The summed E-state index contributed by atoms with van der Waals surface area (Å²) in [6.07, 6.45) is 0. The monoisotopic (exact) mass is 290 g/mol. The zero-order valence-electron chi connectivity index (χ0n) is 13.3. The predicted octanol–water partition coefficient (Wildman–Crippen LogP) is 0.897. The van der Waals surface area contributed by atoms with E-state index in [9.17, 15) is 4.79 Å². The molecule has 1 heterocycles. The summed E-state index contributed by atoms with van der Waals surface area (Å²) in [7, 11) is 4.17. The molecule has 0 saturated carbocycles. The molecule has 0 unspecified atom stereocenters. The second-order valence-electron chi connectivity index (χ2n) is 6.01. The van der Waals surface area contributed by atoms with Gasteiger partial charge in [-0.1, -0.05) is 0 Å². The van der Waals surface area contributed by atoms with Gasteiger partial charge in [0.1, 0.15) is 0 Å². The highest BCUT2D eigenvalue weighted by Gasteiger charge is 2.22. The lowest BCUT2D eigenvalue weighted by Crippen LogP contribution is -2.50. The minimum absolute atomic E-state index is 0.116. The van der Waals surface area contributed by atoms with Crippen LogP contribution in [0.3, 0.4) is 0 Å². The third-order valence-electron chi connectivity index (χ3n) is 4.04. The van der Waals surface area contributed by atoms with Crippen LogP contribution in [0.25, 0.3) is 0 Å². The Labute approximate surface area is 127 Å². The molecule has 0 spiro atoms.